The molecular formula is C9H13F3N4. The van der Waals surface area contributed by atoms with Gasteiger partial charge in [-0.1, -0.05) is 0 Å². The molecule has 0 aliphatic rings. The van der Waals surface area contributed by atoms with Gasteiger partial charge in [-0.2, -0.15) is 18.3 Å². The minimum atomic E-state index is -4.52. The maximum atomic E-state index is 12.5. The summed E-state index contributed by atoms with van der Waals surface area (Å²) in [5.74, 6) is -2.87. The standard InChI is InChI=1S/C9H13F3N4/c1-5-3-6(2)16(15-5)4-7(8(13)14)9(10,11)12/h3,7H,4H2,1-2H3,(H3,13,14). The van der Waals surface area contributed by atoms with E-state index in [9.17, 15) is 13.2 Å². The van der Waals surface area contributed by atoms with Crippen molar-refractivity contribution in [1.29, 1.82) is 5.41 Å². The van der Waals surface area contributed by atoms with Crippen molar-refractivity contribution >= 4 is 5.84 Å². The first-order valence-corrected chi connectivity index (χ1v) is 4.63. The SMILES string of the molecule is Cc1cc(C)n(CC(C(=N)N)C(F)(F)F)n1. The van der Waals surface area contributed by atoms with E-state index in [1.165, 1.54) is 4.68 Å². The first-order chi connectivity index (χ1) is 7.21. The fourth-order valence-electron chi connectivity index (χ4n) is 1.41. The Bertz CT molecular complexity index is 394. The van der Waals surface area contributed by atoms with E-state index in [1.807, 2.05) is 0 Å². The Balaban J connectivity index is 2.93. The lowest BCUT2D eigenvalue weighted by molar-refractivity contribution is -0.159. The van der Waals surface area contributed by atoms with Gasteiger partial charge in [-0.05, 0) is 19.9 Å². The minimum Gasteiger partial charge on any atom is -0.387 e. The zero-order chi connectivity index (χ0) is 12.5. The van der Waals surface area contributed by atoms with Crippen LogP contribution in [0.2, 0.25) is 0 Å². The molecule has 4 nitrogen and oxygen atoms in total. The van der Waals surface area contributed by atoms with E-state index in [0.717, 1.165) is 0 Å². The second-order valence-corrected chi connectivity index (χ2v) is 3.66. The molecule has 1 aromatic heterocycles. The van der Waals surface area contributed by atoms with Gasteiger partial charge in [-0.15, -0.1) is 0 Å². The fraction of sp³-hybridized carbons (Fsp3) is 0.556. The van der Waals surface area contributed by atoms with Crippen LogP contribution in [0.15, 0.2) is 6.07 Å². The monoisotopic (exact) mass is 234 g/mol. The lowest BCUT2D eigenvalue weighted by atomic mass is 10.1. The molecule has 3 N–H and O–H groups in total. The third-order valence-corrected chi connectivity index (χ3v) is 2.23. The second kappa shape index (κ2) is 4.15. The van der Waals surface area contributed by atoms with Crippen molar-refractivity contribution < 1.29 is 13.2 Å². The molecule has 0 saturated carbocycles. The molecule has 0 aliphatic heterocycles. The Morgan fingerprint density at radius 2 is 2.12 bits per heavy atom. The quantitative estimate of drug-likeness (QED) is 0.616. The lowest BCUT2D eigenvalue weighted by Crippen LogP contribution is -2.38. The van der Waals surface area contributed by atoms with Crippen LogP contribution in [0.3, 0.4) is 0 Å². The molecule has 0 bridgehead atoms. The van der Waals surface area contributed by atoms with Gasteiger partial charge in [0.05, 0.1) is 12.2 Å². The smallest absolute Gasteiger partial charge is 0.387 e. The Morgan fingerprint density at radius 3 is 2.44 bits per heavy atom. The molecule has 0 saturated heterocycles. The predicted octanol–water partition coefficient (Wildman–Crippen LogP) is 1.61. The average molecular weight is 234 g/mol. The van der Waals surface area contributed by atoms with Crippen molar-refractivity contribution in [3.05, 3.63) is 17.5 Å². The molecule has 16 heavy (non-hydrogen) atoms. The summed E-state index contributed by atoms with van der Waals surface area (Å²) < 4.78 is 38.8. The van der Waals surface area contributed by atoms with Gasteiger partial charge >= 0.3 is 6.18 Å². The maximum Gasteiger partial charge on any atom is 0.400 e. The van der Waals surface area contributed by atoms with Gasteiger partial charge in [0.2, 0.25) is 0 Å². The highest BCUT2D eigenvalue weighted by molar-refractivity contribution is 5.80. The number of aromatic nitrogens is 2. The highest BCUT2D eigenvalue weighted by Gasteiger charge is 2.42. The van der Waals surface area contributed by atoms with Gasteiger partial charge in [-0.25, -0.2) is 0 Å². The topological polar surface area (TPSA) is 67.7 Å². The van der Waals surface area contributed by atoms with E-state index in [0.29, 0.717) is 11.4 Å². The fourth-order valence-corrected chi connectivity index (χ4v) is 1.41. The largest absolute Gasteiger partial charge is 0.400 e. The maximum absolute atomic E-state index is 12.5. The van der Waals surface area contributed by atoms with Crippen LogP contribution in [0.1, 0.15) is 11.4 Å². The van der Waals surface area contributed by atoms with Crippen LogP contribution in [0.5, 0.6) is 0 Å². The Hall–Kier alpha value is -1.53. The number of amidine groups is 1. The van der Waals surface area contributed by atoms with E-state index in [4.69, 9.17) is 11.1 Å². The molecule has 0 radical (unpaired) electrons. The number of aryl methyl sites for hydroxylation is 2. The number of rotatable bonds is 3. The molecule has 0 fully saturated rings. The van der Waals surface area contributed by atoms with Gasteiger partial charge < -0.3 is 5.73 Å². The van der Waals surface area contributed by atoms with Crippen molar-refractivity contribution in [2.75, 3.05) is 0 Å². The number of hydrogen-bond donors (Lipinski definition) is 2. The van der Waals surface area contributed by atoms with Crippen LogP contribution in [0, 0.1) is 25.2 Å². The van der Waals surface area contributed by atoms with Crippen LogP contribution >= 0.6 is 0 Å². The van der Waals surface area contributed by atoms with Crippen molar-refractivity contribution in [3.63, 3.8) is 0 Å². The van der Waals surface area contributed by atoms with E-state index in [1.54, 1.807) is 19.9 Å². The number of nitrogens with two attached hydrogens (primary N) is 1. The molecule has 0 aromatic carbocycles. The molecule has 7 heteroatoms. The van der Waals surface area contributed by atoms with Crippen molar-refractivity contribution in [1.82, 2.24) is 9.78 Å². The second-order valence-electron chi connectivity index (χ2n) is 3.66. The number of nitrogens with zero attached hydrogens (tertiary/aromatic N) is 2. The number of alkyl halides is 3. The predicted molar refractivity (Wildman–Crippen MR) is 53.2 cm³/mol. The summed E-state index contributed by atoms with van der Waals surface area (Å²) in [7, 11) is 0. The van der Waals surface area contributed by atoms with Gasteiger partial charge in [0, 0.05) is 5.69 Å². The molecule has 1 atom stereocenters. The molecule has 0 spiro atoms. The van der Waals surface area contributed by atoms with Crippen LogP contribution in [-0.4, -0.2) is 21.8 Å². The van der Waals surface area contributed by atoms with E-state index in [2.05, 4.69) is 5.10 Å². The molecule has 1 rings (SSSR count). The Kier molecular flexibility index (Phi) is 3.25. The highest BCUT2D eigenvalue weighted by atomic mass is 19.4. The van der Waals surface area contributed by atoms with Crippen LogP contribution in [-0.2, 0) is 6.54 Å². The van der Waals surface area contributed by atoms with Crippen molar-refractivity contribution in [2.24, 2.45) is 11.7 Å². The van der Waals surface area contributed by atoms with Crippen LogP contribution < -0.4 is 5.73 Å². The molecule has 1 heterocycles. The van der Waals surface area contributed by atoms with Crippen molar-refractivity contribution in [3.8, 4) is 0 Å². The summed E-state index contributed by atoms with van der Waals surface area (Å²) in [6, 6.07) is 1.67. The first kappa shape index (κ1) is 12.5. The molecule has 90 valence electrons. The summed E-state index contributed by atoms with van der Waals surface area (Å²) in [6.07, 6.45) is -4.52. The average Bonchev–Trinajstić information content (AvgIpc) is 2.38. The highest BCUT2D eigenvalue weighted by Crippen LogP contribution is 2.27. The zero-order valence-corrected chi connectivity index (χ0v) is 8.97. The third-order valence-electron chi connectivity index (χ3n) is 2.23. The third kappa shape index (κ3) is 2.74. The molecule has 1 aromatic rings. The van der Waals surface area contributed by atoms with Gasteiger partial charge in [0.1, 0.15) is 11.8 Å². The van der Waals surface area contributed by atoms with E-state index in [-0.39, 0.29) is 0 Å². The lowest BCUT2D eigenvalue weighted by Gasteiger charge is -2.19. The van der Waals surface area contributed by atoms with E-state index < -0.39 is 24.5 Å². The zero-order valence-electron chi connectivity index (χ0n) is 8.97. The molecular weight excluding hydrogens is 221 g/mol. The Morgan fingerprint density at radius 1 is 1.56 bits per heavy atom. The first-order valence-electron chi connectivity index (χ1n) is 4.63. The summed E-state index contributed by atoms with van der Waals surface area (Å²) in [6.45, 7) is 2.91. The van der Waals surface area contributed by atoms with Gasteiger partial charge in [0.15, 0.2) is 0 Å². The molecule has 1 unspecified atom stereocenters. The van der Waals surface area contributed by atoms with Crippen LogP contribution in [0.25, 0.3) is 0 Å². The molecule has 0 amide bonds. The Labute approximate surface area is 90.8 Å². The van der Waals surface area contributed by atoms with Crippen LogP contribution in [0.4, 0.5) is 13.2 Å². The van der Waals surface area contributed by atoms with E-state index >= 15 is 0 Å². The summed E-state index contributed by atoms with van der Waals surface area (Å²) in [5.41, 5.74) is 6.21. The number of nitrogens with one attached hydrogen (secondary N) is 1. The number of halogens is 3. The summed E-state index contributed by atoms with van der Waals surface area (Å²) in [4.78, 5) is 0. The minimum absolute atomic E-state index is 0.446. The van der Waals surface area contributed by atoms with Crippen molar-refractivity contribution in [2.45, 2.75) is 26.6 Å². The van der Waals surface area contributed by atoms with Gasteiger partial charge in [0.25, 0.3) is 0 Å². The van der Waals surface area contributed by atoms with Gasteiger partial charge in [-0.3, -0.25) is 10.1 Å². The summed E-state index contributed by atoms with van der Waals surface area (Å²) in [5, 5.41) is 10.9. The summed E-state index contributed by atoms with van der Waals surface area (Å²) >= 11 is 0. The number of hydrogen-bond acceptors (Lipinski definition) is 2. The molecule has 0 aliphatic carbocycles. The normalized spacial score (nSPS) is 13.8.